The van der Waals surface area contributed by atoms with Crippen molar-refractivity contribution in [3.63, 3.8) is 0 Å². The molecule has 1 aliphatic heterocycles. The lowest BCUT2D eigenvalue weighted by atomic mass is 9.87. The van der Waals surface area contributed by atoms with Crippen LogP contribution < -0.4 is 5.32 Å². The van der Waals surface area contributed by atoms with E-state index in [4.69, 9.17) is 5.41 Å². The predicted molar refractivity (Wildman–Crippen MR) is 86.3 cm³/mol. The number of hydrogen-bond donors (Lipinski definition) is 2. The summed E-state index contributed by atoms with van der Waals surface area (Å²) in [4.78, 5) is 2.44. The van der Waals surface area contributed by atoms with Crippen LogP contribution in [0.5, 0.6) is 0 Å². The Labute approximate surface area is 130 Å². The average molecular weight is 295 g/mol. The molecule has 1 aliphatic carbocycles. The van der Waals surface area contributed by atoms with Gasteiger partial charge in [-0.05, 0) is 11.6 Å². The molecule has 1 aromatic carbocycles. The van der Waals surface area contributed by atoms with Crippen LogP contribution >= 0.6 is 0 Å². The maximum atomic E-state index is 8.91. The van der Waals surface area contributed by atoms with Crippen LogP contribution in [0.25, 0.3) is 0 Å². The third-order valence-electron chi connectivity index (χ3n) is 4.94. The van der Waals surface area contributed by atoms with Gasteiger partial charge in [0.25, 0.3) is 0 Å². The Bertz CT molecular complexity index is 713. The molecule has 0 spiro atoms. The molecule has 5 heteroatoms. The molecule has 5 nitrogen and oxygen atoms in total. The minimum Gasteiger partial charge on any atom is -0.314 e. The highest BCUT2D eigenvalue weighted by Crippen LogP contribution is 2.41. The molecule has 1 fully saturated rings. The van der Waals surface area contributed by atoms with Crippen LogP contribution in [0.3, 0.4) is 0 Å². The van der Waals surface area contributed by atoms with Gasteiger partial charge in [0.2, 0.25) is 0 Å². The number of nitrogens with zero attached hydrogens (tertiary/aromatic N) is 3. The van der Waals surface area contributed by atoms with Crippen molar-refractivity contribution in [3.05, 3.63) is 53.3 Å². The van der Waals surface area contributed by atoms with Crippen LogP contribution in [-0.2, 0) is 19.0 Å². The van der Waals surface area contributed by atoms with Gasteiger partial charge in [-0.3, -0.25) is 9.58 Å². The third-order valence-corrected chi connectivity index (χ3v) is 4.94. The van der Waals surface area contributed by atoms with Gasteiger partial charge in [0.05, 0.1) is 11.4 Å². The second-order valence-corrected chi connectivity index (χ2v) is 6.18. The number of hydrogen-bond acceptors (Lipinski definition) is 4. The quantitative estimate of drug-likeness (QED) is 0.874. The molecular weight excluding hydrogens is 274 g/mol. The van der Waals surface area contributed by atoms with E-state index in [1.165, 1.54) is 5.56 Å². The number of fused-ring (bicyclic) bond motifs is 1. The van der Waals surface area contributed by atoms with E-state index in [1.54, 1.807) is 0 Å². The lowest BCUT2D eigenvalue weighted by molar-refractivity contribution is 0.127. The monoisotopic (exact) mass is 295 g/mol. The zero-order valence-corrected chi connectivity index (χ0v) is 12.8. The van der Waals surface area contributed by atoms with Gasteiger partial charge in [-0.2, -0.15) is 5.10 Å². The zero-order valence-electron chi connectivity index (χ0n) is 12.8. The SMILES string of the molecule is Cn1ccc(C2(N3CCNCC3)Cc3ccccc3C2=N)n1. The van der Waals surface area contributed by atoms with Crippen molar-refractivity contribution in [2.75, 3.05) is 26.2 Å². The van der Waals surface area contributed by atoms with Crippen molar-refractivity contribution in [1.82, 2.24) is 20.0 Å². The summed E-state index contributed by atoms with van der Waals surface area (Å²) in [6, 6.07) is 10.4. The van der Waals surface area contributed by atoms with Gasteiger partial charge >= 0.3 is 0 Å². The van der Waals surface area contributed by atoms with Gasteiger partial charge in [0.1, 0.15) is 5.54 Å². The minimum absolute atomic E-state index is 0.410. The van der Waals surface area contributed by atoms with Crippen molar-refractivity contribution in [1.29, 1.82) is 5.41 Å². The molecule has 22 heavy (non-hydrogen) atoms. The summed E-state index contributed by atoms with van der Waals surface area (Å²) in [6.45, 7) is 3.84. The highest BCUT2D eigenvalue weighted by molar-refractivity contribution is 6.09. The highest BCUT2D eigenvalue weighted by atomic mass is 15.3. The molecule has 1 saturated heterocycles. The Morgan fingerprint density at radius 3 is 2.64 bits per heavy atom. The molecule has 0 radical (unpaired) electrons. The maximum Gasteiger partial charge on any atom is 0.112 e. The minimum atomic E-state index is -0.410. The number of piperazine rings is 1. The van der Waals surface area contributed by atoms with Crippen LogP contribution in [0, 0.1) is 5.41 Å². The summed E-state index contributed by atoms with van der Waals surface area (Å²) in [7, 11) is 1.95. The Morgan fingerprint density at radius 1 is 1.18 bits per heavy atom. The normalized spacial score (nSPS) is 25.4. The zero-order chi connectivity index (χ0) is 15.2. The van der Waals surface area contributed by atoms with E-state index in [9.17, 15) is 0 Å². The average Bonchev–Trinajstić information content (AvgIpc) is 3.11. The number of nitrogens with one attached hydrogen (secondary N) is 2. The van der Waals surface area contributed by atoms with Crippen LogP contribution in [0.1, 0.15) is 16.8 Å². The number of aryl methyl sites for hydroxylation is 1. The molecule has 0 amide bonds. The number of rotatable bonds is 2. The maximum absolute atomic E-state index is 8.91. The molecule has 0 saturated carbocycles. The van der Waals surface area contributed by atoms with Crippen molar-refractivity contribution < 1.29 is 0 Å². The van der Waals surface area contributed by atoms with Crippen molar-refractivity contribution in [2.24, 2.45) is 7.05 Å². The first-order valence-corrected chi connectivity index (χ1v) is 7.85. The van der Waals surface area contributed by atoms with Gasteiger partial charge < -0.3 is 10.7 Å². The highest BCUT2D eigenvalue weighted by Gasteiger charge is 2.50. The summed E-state index contributed by atoms with van der Waals surface area (Å²) in [6.07, 6.45) is 2.83. The Kier molecular flexibility index (Phi) is 3.13. The van der Waals surface area contributed by atoms with Crippen LogP contribution in [0.15, 0.2) is 36.5 Å². The van der Waals surface area contributed by atoms with Gasteiger partial charge in [-0.15, -0.1) is 0 Å². The molecule has 4 rings (SSSR count). The molecule has 2 aromatic rings. The van der Waals surface area contributed by atoms with E-state index >= 15 is 0 Å². The van der Waals surface area contributed by atoms with Gasteiger partial charge in [-0.1, -0.05) is 24.3 Å². The lowest BCUT2D eigenvalue weighted by Crippen LogP contribution is -2.57. The van der Waals surface area contributed by atoms with Crippen molar-refractivity contribution >= 4 is 5.71 Å². The Hall–Kier alpha value is -1.98. The first kappa shape index (κ1) is 13.7. The van der Waals surface area contributed by atoms with E-state index in [2.05, 4.69) is 39.6 Å². The van der Waals surface area contributed by atoms with Crippen LogP contribution in [0.4, 0.5) is 0 Å². The molecule has 2 N–H and O–H groups in total. The summed E-state index contributed by atoms with van der Waals surface area (Å²) in [5, 5.41) is 17.0. The van der Waals surface area contributed by atoms with Gasteiger partial charge in [-0.25, -0.2) is 0 Å². The summed E-state index contributed by atoms with van der Waals surface area (Å²) >= 11 is 0. The smallest absolute Gasteiger partial charge is 0.112 e. The van der Waals surface area contributed by atoms with Crippen molar-refractivity contribution in [2.45, 2.75) is 12.0 Å². The molecule has 114 valence electrons. The first-order valence-electron chi connectivity index (χ1n) is 7.85. The van der Waals surface area contributed by atoms with E-state index in [1.807, 2.05) is 24.0 Å². The fourth-order valence-corrected chi connectivity index (χ4v) is 3.84. The fraction of sp³-hybridized carbons (Fsp3) is 0.412. The third kappa shape index (κ3) is 1.86. The van der Waals surface area contributed by atoms with Gasteiger partial charge in [0.15, 0.2) is 0 Å². The van der Waals surface area contributed by atoms with Gasteiger partial charge in [0, 0.05) is 51.4 Å². The largest absolute Gasteiger partial charge is 0.314 e. The summed E-state index contributed by atoms with van der Waals surface area (Å²) in [5.41, 5.74) is 3.62. The van der Waals surface area contributed by atoms with Crippen molar-refractivity contribution in [3.8, 4) is 0 Å². The molecule has 2 heterocycles. The van der Waals surface area contributed by atoms with Crippen LogP contribution in [-0.4, -0.2) is 46.6 Å². The summed E-state index contributed by atoms with van der Waals surface area (Å²) in [5.74, 6) is 0. The number of benzene rings is 1. The Balaban J connectivity index is 1.86. The first-order chi connectivity index (χ1) is 10.7. The fourth-order valence-electron chi connectivity index (χ4n) is 3.84. The second-order valence-electron chi connectivity index (χ2n) is 6.18. The standard InChI is InChI=1S/C17H21N5/c1-21-9-6-15(20-21)17(22-10-7-19-8-11-22)12-13-4-2-3-5-14(13)16(17)18/h2-6,9,18-19H,7-8,10-12H2,1H3. The predicted octanol–water partition coefficient (Wildman–Crippen LogP) is 1.14. The molecule has 0 bridgehead atoms. The molecule has 1 aromatic heterocycles. The van der Waals surface area contributed by atoms with E-state index < -0.39 is 5.54 Å². The second kappa shape index (κ2) is 5.04. The molecular formula is C17H21N5. The molecule has 2 aliphatic rings. The van der Waals surface area contributed by atoms with Crippen LogP contribution in [0.2, 0.25) is 0 Å². The number of aromatic nitrogens is 2. The lowest BCUT2D eigenvalue weighted by Gasteiger charge is -2.42. The van der Waals surface area contributed by atoms with E-state index in [0.717, 1.165) is 43.9 Å². The molecule has 1 unspecified atom stereocenters. The van der Waals surface area contributed by atoms with E-state index in [0.29, 0.717) is 5.71 Å². The molecule has 1 atom stereocenters. The summed E-state index contributed by atoms with van der Waals surface area (Å²) < 4.78 is 1.84. The Morgan fingerprint density at radius 2 is 1.95 bits per heavy atom. The van der Waals surface area contributed by atoms with E-state index in [-0.39, 0.29) is 0 Å². The topological polar surface area (TPSA) is 56.9 Å².